The largest absolute Gasteiger partial charge is 0.489 e. The molecule has 0 amide bonds. The summed E-state index contributed by atoms with van der Waals surface area (Å²) in [6, 6.07) is 14.5. The van der Waals surface area contributed by atoms with Crippen molar-refractivity contribution in [1.82, 2.24) is 0 Å². The first-order chi connectivity index (χ1) is 15.9. The van der Waals surface area contributed by atoms with Gasteiger partial charge in [-0.3, -0.25) is 0 Å². The Hall–Kier alpha value is -1.68. The molecule has 4 heteroatoms. The number of ether oxygens (including phenoxy) is 1. The maximum Gasteiger partial charge on any atom is 0.120 e. The predicted molar refractivity (Wildman–Crippen MR) is 148 cm³/mol. The molecule has 1 aliphatic carbocycles. The lowest BCUT2D eigenvalue weighted by atomic mass is 9.92. The van der Waals surface area contributed by atoms with E-state index in [1.54, 1.807) is 11.8 Å². The van der Waals surface area contributed by atoms with Gasteiger partial charge in [-0.2, -0.15) is 0 Å². The van der Waals surface area contributed by atoms with Gasteiger partial charge in [-0.25, -0.2) is 0 Å². The predicted octanol–water partition coefficient (Wildman–Crippen LogP) is 9.26. The fourth-order valence-corrected chi connectivity index (χ4v) is 4.34. The lowest BCUT2D eigenvalue weighted by molar-refractivity contribution is 0.354. The third kappa shape index (κ3) is 10.9. The van der Waals surface area contributed by atoms with Crippen molar-refractivity contribution in [3.8, 4) is 5.75 Å². The summed E-state index contributed by atoms with van der Waals surface area (Å²) in [5.41, 5.74) is 8.53. The number of hydrogen-bond acceptors (Lipinski definition) is 3. The summed E-state index contributed by atoms with van der Waals surface area (Å²) in [6.45, 7) is 12.8. The maximum atomic E-state index is 6.54. The number of aryl methyl sites for hydroxylation is 1. The van der Waals surface area contributed by atoms with Crippen LogP contribution >= 0.6 is 23.4 Å². The molecule has 1 aliphatic rings. The van der Waals surface area contributed by atoms with Crippen molar-refractivity contribution in [3.63, 3.8) is 0 Å². The van der Waals surface area contributed by atoms with Crippen LogP contribution in [-0.4, -0.2) is 12.1 Å². The van der Waals surface area contributed by atoms with E-state index >= 15 is 0 Å². The molecule has 0 saturated heterocycles. The Morgan fingerprint density at radius 2 is 1.76 bits per heavy atom. The minimum Gasteiger partial charge on any atom is -0.489 e. The van der Waals surface area contributed by atoms with Crippen molar-refractivity contribution in [3.05, 3.63) is 76.9 Å². The van der Waals surface area contributed by atoms with Crippen LogP contribution in [0.15, 0.2) is 76.1 Å². The second kappa shape index (κ2) is 16.0. The van der Waals surface area contributed by atoms with Gasteiger partial charge in [0, 0.05) is 20.4 Å². The highest BCUT2D eigenvalue weighted by atomic mass is 35.5. The molecular weight excluding hydrogens is 446 g/mol. The van der Waals surface area contributed by atoms with Crippen LogP contribution in [0.5, 0.6) is 5.75 Å². The highest BCUT2D eigenvalue weighted by Gasteiger charge is 2.16. The van der Waals surface area contributed by atoms with Gasteiger partial charge in [0.15, 0.2) is 0 Å². The molecule has 0 heterocycles. The molecule has 2 aromatic carbocycles. The summed E-state index contributed by atoms with van der Waals surface area (Å²) in [7, 11) is 0. The number of rotatable bonds is 9. The zero-order chi connectivity index (χ0) is 24.7. The quantitative estimate of drug-likeness (QED) is 0.382. The van der Waals surface area contributed by atoms with Crippen LogP contribution < -0.4 is 10.5 Å². The molecule has 2 aromatic rings. The Morgan fingerprint density at radius 1 is 1.03 bits per heavy atom. The Labute approximate surface area is 211 Å². The molecule has 2 N–H and O–H groups in total. The van der Waals surface area contributed by atoms with E-state index in [0.29, 0.717) is 6.61 Å². The molecule has 0 fully saturated rings. The molecule has 0 aliphatic heterocycles. The smallest absolute Gasteiger partial charge is 0.120 e. The highest BCUT2D eigenvalue weighted by Crippen LogP contribution is 2.33. The molecule has 0 bridgehead atoms. The van der Waals surface area contributed by atoms with Gasteiger partial charge in [0.05, 0.1) is 0 Å². The molecule has 2 nitrogen and oxygen atoms in total. The van der Waals surface area contributed by atoms with Crippen molar-refractivity contribution in [2.24, 2.45) is 5.73 Å². The average Bonchev–Trinajstić information content (AvgIpc) is 2.86. The van der Waals surface area contributed by atoms with E-state index in [4.69, 9.17) is 22.1 Å². The second-order valence-electron chi connectivity index (χ2n) is 7.89. The van der Waals surface area contributed by atoms with Crippen LogP contribution in [0.4, 0.5) is 0 Å². The first kappa shape index (κ1) is 29.4. The Kier molecular flexibility index (Phi) is 14.3. The van der Waals surface area contributed by atoms with Crippen LogP contribution in [0.2, 0.25) is 5.02 Å². The van der Waals surface area contributed by atoms with Gasteiger partial charge in [0.1, 0.15) is 12.4 Å². The Bertz CT molecular complexity index is 889. The van der Waals surface area contributed by atoms with E-state index in [2.05, 4.69) is 56.3 Å². The lowest BCUT2D eigenvalue weighted by Gasteiger charge is -2.22. The number of nitrogens with two attached hydrogens (primary N) is 1. The van der Waals surface area contributed by atoms with Crippen LogP contribution in [-0.2, 0) is 6.42 Å². The van der Waals surface area contributed by atoms with Crippen molar-refractivity contribution in [2.75, 3.05) is 6.61 Å². The summed E-state index contributed by atoms with van der Waals surface area (Å²) in [5.74, 6) is 0.888. The fourth-order valence-electron chi connectivity index (χ4n) is 3.10. The van der Waals surface area contributed by atoms with Gasteiger partial charge in [-0.1, -0.05) is 88.3 Å². The summed E-state index contributed by atoms with van der Waals surface area (Å²) in [4.78, 5) is 2.26. The molecule has 0 unspecified atom stereocenters. The number of hydrogen-bond donors (Lipinski definition) is 1. The zero-order valence-electron chi connectivity index (χ0n) is 21.3. The number of allylic oxidation sites excluding steroid dienone is 2. The van der Waals surface area contributed by atoms with Crippen LogP contribution in [0, 0.1) is 0 Å². The average molecular weight is 488 g/mol. The maximum absolute atomic E-state index is 6.54. The standard InChI is InChI=1S/C25H30ClNOS.2C2H6/c1-3-25(2,27)15-14-20-12-13-23(17-24(20)26)29-22-11-7-10-21(16-22)28-18-19-8-5-4-6-9-19;2*1-2/h5,7-13,16-17H,3-4,6,14-15,18,27H2,1-2H3;2*1-2H3/t25-;;/m0../s1. The summed E-state index contributed by atoms with van der Waals surface area (Å²) in [5, 5.41) is 0.810. The normalized spacial score (nSPS) is 14.1. The summed E-state index contributed by atoms with van der Waals surface area (Å²) >= 11 is 8.24. The van der Waals surface area contributed by atoms with Crippen LogP contribution in [0.1, 0.15) is 72.8 Å². The lowest BCUT2D eigenvalue weighted by Crippen LogP contribution is -2.35. The number of halogens is 1. The summed E-state index contributed by atoms with van der Waals surface area (Å²) < 4.78 is 5.97. The van der Waals surface area contributed by atoms with E-state index in [-0.39, 0.29) is 5.54 Å². The van der Waals surface area contributed by atoms with Crippen molar-refractivity contribution in [2.45, 2.75) is 89.0 Å². The molecule has 33 heavy (non-hydrogen) atoms. The van der Waals surface area contributed by atoms with E-state index in [1.165, 1.54) is 5.57 Å². The monoisotopic (exact) mass is 487 g/mol. The van der Waals surface area contributed by atoms with Crippen molar-refractivity contribution in [1.29, 1.82) is 0 Å². The van der Waals surface area contributed by atoms with Gasteiger partial charge < -0.3 is 10.5 Å². The van der Waals surface area contributed by atoms with E-state index in [0.717, 1.165) is 58.2 Å². The Balaban J connectivity index is 0.00000129. The van der Waals surface area contributed by atoms with Crippen LogP contribution in [0.3, 0.4) is 0 Å². The molecule has 0 spiro atoms. The first-order valence-corrected chi connectivity index (χ1v) is 13.5. The van der Waals surface area contributed by atoms with Gasteiger partial charge in [0.25, 0.3) is 0 Å². The van der Waals surface area contributed by atoms with Crippen LogP contribution in [0.25, 0.3) is 0 Å². The molecule has 0 aromatic heterocycles. The summed E-state index contributed by atoms with van der Waals surface area (Å²) in [6.07, 6.45) is 11.6. The van der Waals surface area contributed by atoms with E-state index in [1.807, 2.05) is 45.9 Å². The van der Waals surface area contributed by atoms with Crippen molar-refractivity contribution >= 4 is 23.4 Å². The fraction of sp³-hybridized carbons (Fsp3) is 0.448. The second-order valence-corrected chi connectivity index (χ2v) is 9.44. The van der Waals surface area contributed by atoms with E-state index in [9.17, 15) is 0 Å². The molecular formula is C29H42ClNOS. The molecule has 1 atom stereocenters. The van der Waals surface area contributed by atoms with Crippen molar-refractivity contribution < 1.29 is 4.74 Å². The first-order valence-electron chi connectivity index (χ1n) is 12.3. The van der Waals surface area contributed by atoms with Gasteiger partial charge in [-0.15, -0.1) is 0 Å². The minimum absolute atomic E-state index is 0.138. The topological polar surface area (TPSA) is 35.2 Å². The molecule has 3 rings (SSSR count). The molecule has 0 radical (unpaired) electrons. The molecule has 0 saturated carbocycles. The minimum atomic E-state index is -0.138. The third-order valence-electron chi connectivity index (χ3n) is 5.32. The molecule has 182 valence electrons. The van der Waals surface area contributed by atoms with Gasteiger partial charge in [0.2, 0.25) is 0 Å². The van der Waals surface area contributed by atoms with E-state index < -0.39 is 0 Å². The highest BCUT2D eigenvalue weighted by molar-refractivity contribution is 7.99. The van der Waals surface area contributed by atoms with Gasteiger partial charge in [-0.05, 0) is 80.5 Å². The Morgan fingerprint density at radius 3 is 2.39 bits per heavy atom. The zero-order valence-corrected chi connectivity index (χ0v) is 22.9. The SMILES string of the molecule is CC.CC.CC[C@](C)(N)CCc1ccc(Sc2cccc(OCC3=CCCC=C3)c2)cc1Cl. The van der Waals surface area contributed by atoms with Gasteiger partial charge >= 0.3 is 0 Å². The third-order valence-corrected chi connectivity index (χ3v) is 6.65. The number of benzene rings is 2.